The van der Waals surface area contributed by atoms with Crippen molar-refractivity contribution < 1.29 is 14.3 Å². The summed E-state index contributed by atoms with van der Waals surface area (Å²) in [6, 6.07) is 11.3. The number of piperidine rings is 1. The lowest BCUT2D eigenvalue weighted by Gasteiger charge is -2.26. The van der Waals surface area contributed by atoms with Gasteiger partial charge in [0.25, 0.3) is 5.91 Å². The highest BCUT2D eigenvalue weighted by Crippen LogP contribution is 2.34. The number of methoxy groups -OCH3 is 1. The Kier molecular flexibility index (Phi) is 5.13. The molecule has 2 bridgehead atoms. The monoisotopic (exact) mass is 372 g/mol. The molecule has 3 aliphatic heterocycles. The molecule has 1 aromatic heterocycles. The fourth-order valence-corrected chi connectivity index (χ4v) is 4.52. The van der Waals surface area contributed by atoms with Crippen LogP contribution in [0, 0.1) is 5.92 Å². The van der Waals surface area contributed by atoms with Crippen molar-refractivity contribution in [1.82, 2.24) is 10.2 Å². The Hall–Kier alpha value is -2.05. The SMILES string of the molecule is COc1ccc(Oc2ccc(C(=O)NC3CC4CCN(CC4)C3)cc2)s1. The Balaban J connectivity index is 1.36. The summed E-state index contributed by atoms with van der Waals surface area (Å²) < 4.78 is 11.0. The van der Waals surface area contributed by atoms with Gasteiger partial charge in [0.1, 0.15) is 5.75 Å². The van der Waals surface area contributed by atoms with Gasteiger partial charge in [-0.05, 0) is 74.7 Å². The normalized spacial score (nSPS) is 24.7. The molecule has 1 atom stereocenters. The van der Waals surface area contributed by atoms with Crippen LogP contribution in [0.3, 0.4) is 0 Å². The van der Waals surface area contributed by atoms with Gasteiger partial charge in [-0.1, -0.05) is 11.3 Å². The van der Waals surface area contributed by atoms with E-state index in [0.717, 1.165) is 29.0 Å². The summed E-state index contributed by atoms with van der Waals surface area (Å²) in [4.78, 5) is 15.1. The maximum absolute atomic E-state index is 12.6. The van der Waals surface area contributed by atoms with Crippen LogP contribution in [-0.4, -0.2) is 43.6 Å². The lowest BCUT2D eigenvalue weighted by molar-refractivity contribution is 0.0929. The van der Waals surface area contributed by atoms with E-state index < -0.39 is 0 Å². The standard InChI is InChI=1S/C20H24N2O3S/c1-24-18-6-7-19(26-18)25-17-4-2-15(3-5-17)20(23)21-16-12-14-8-10-22(13-16)11-9-14/h2-7,14,16H,8-13H2,1H3,(H,21,23). The zero-order chi connectivity index (χ0) is 17.9. The number of benzene rings is 1. The molecule has 1 amide bonds. The van der Waals surface area contributed by atoms with Crippen molar-refractivity contribution in [3.8, 4) is 15.9 Å². The fourth-order valence-electron chi connectivity index (χ4n) is 3.82. The van der Waals surface area contributed by atoms with Crippen molar-refractivity contribution in [2.45, 2.75) is 25.3 Å². The molecule has 3 fully saturated rings. The minimum atomic E-state index is 0.00171. The second-order valence-corrected chi connectivity index (χ2v) is 8.06. The smallest absolute Gasteiger partial charge is 0.251 e. The third-order valence-corrected chi connectivity index (χ3v) is 6.16. The lowest BCUT2D eigenvalue weighted by Crippen LogP contribution is -2.41. The number of carbonyl (C=O) groups is 1. The van der Waals surface area contributed by atoms with E-state index in [-0.39, 0.29) is 11.9 Å². The van der Waals surface area contributed by atoms with E-state index in [9.17, 15) is 4.79 Å². The van der Waals surface area contributed by atoms with Gasteiger partial charge in [-0.15, -0.1) is 0 Å². The molecule has 0 saturated carbocycles. The van der Waals surface area contributed by atoms with Gasteiger partial charge in [0.15, 0.2) is 10.1 Å². The van der Waals surface area contributed by atoms with E-state index in [2.05, 4.69) is 10.2 Å². The summed E-state index contributed by atoms with van der Waals surface area (Å²) in [5, 5.41) is 4.80. The Labute approximate surface area is 157 Å². The summed E-state index contributed by atoms with van der Waals surface area (Å²) in [5.41, 5.74) is 0.674. The number of nitrogens with zero attached hydrogens (tertiary/aromatic N) is 1. The molecule has 6 heteroatoms. The molecule has 26 heavy (non-hydrogen) atoms. The molecular weight excluding hydrogens is 348 g/mol. The molecule has 1 aromatic carbocycles. The van der Waals surface area contributed by atoms with Crippen molar-refractivity contribution in [3.05, 3.63) is 42.0 Å². The van der Waals surface area contributed by atoms with Crippen molar-refractivity contribution >= 4 is 17.2 Å². The number of ether oxygens (including phenoxy) is 2. The Morgan fingerprint density at radius 2 is 1.85 bits per heavy atom. The van der Waals surface area contributed by atoms with Gasteiger partial charge in [-0.25, -0.2) is 0 Å². The molecule has 1 unspecified atom stereocenters. The van der Waals surface area contributed by atoms with Crippen LogP contribution in [0.2, 0.25) is 0 Å². The second-order valence-electron chi connectivity index (χ2n) is 7.05. The summed E-state index contributed by atoms with van der Waals surface area (Å²) >= 11 is 1.44. The van der Waals surface area contributed by atoms with Crippen molar-refractivity contribution in [2.75, 3.05) is 26.7 Å². The first-order chi connectivity index (χ1) is 12.7. The Morgan fingerprint density at radius 1 is 1.12 bits per heavy atom. The molecule has 138 valence electrons. The number of hydrogen-bond donors (Lipinski definition) is 1. The molecule has 1 N–H and O–H groups in total. The maximum Gasteiger partial charge on any atom is 0.251 e. The Bertz CT molecular complexity index is 737. The minimum Gasteiger partial charge on any atom is -0.487 e. The average Bonchev–Trinajstić information content (AvgIpc) is 2.92. The van der Waals surface area contributed by atoms with Gasteiger partial charge in [-0.3, -0.25) is 4.79 Å². The van der Waals surface area contributed by atoms with E-state index in [4.69, 9.17) is 9.47 Å². The van der Waals surface area contributed by atoms with Crippen LogP contribution >= 0.6 is 11.3 Å². The average molecular weight is 372 g/mol. The number of amides is 1. The van der Waals surface area contributed by atoms with Gasteiger partial charge < -0.3 is 19.7 Å². The zero-order valence-corrected chi connectivity index (χ0v) is 15.8. The second kappa shape index (κ2) is 7.68. The zero-order valence-electron chi connectivity index (χ0n) is 14.9. The molecule has 4 heterocycles. The van der Waals surface area contributed by atoms with Gasteiger partial charge in [0.2, 0.25) is 0 Å². The predicted octanol–water partition coefficient (Wildman–Crippen LogP) is 3.76. The molecule has 5 nitrogen and oxygen atoms in total. The summed E-state index contributed by atoms with van der Waals surface area (Å²) in [7, 11) is 1.64. The van der Waals surface area contributed by atoms with Gasteiger partial charge in [0.05, 0.1) is 7.11 Å². The lowest BCUT2D eigenvalue weighted by atomic mass is 9.94. The Morgan fingerprint density at radius 3 is 2.54 bits per heavy atom. The van der Waals surface area contributed by atoms with E-state index in [0.29, 0.717) is 11.3 Å². The van der Waals surface area contributed by atoms with Crippen LogP contribution in [-0.2, 0) is 0 Å². The number of fused-ring (bicyclic) bond motifs is 4. The topological polar surface area (TPSA) is 50.8 Å². The van der Waals surface area contributed by atoms with E-state index >= 15 is 0 Å². The first-order valence-corrected chi connectivity index (χ1v) is 9.96. The predicted molar refractivity (Wildman–Crippen MR) is 102 cm³/mol. The van der Waals surface area contributed by atoms with Crippen LogP contribution in [0.25, 0.3) is 0 Å². The number of carbonyl (C=O) groups excluding carboxylic acids is 1. The van der Waals surface area contributed by atoms with Gasteiger partial charge >= 0.3 is 0 Å². The van der Waals surface area contributed by atoms with Crippen LogP contribution in [0.15, 0.2) is 36.4 Å². The fraction of sp³-hybridized carbons (Fsp3) is 0.450. The third kappa shape index (κ3) is 4.02. The van der Waals surface area contributed by atoms with Gasteiger partial charge in [-0.2, -0.15) is 0 Å². The van der Waals surface area contributed by atoms with Crippen molar-refractivity contribution in [1.29, 1.82) is 0 Å². The highest BCUT2D eigenvalue weighted by atomic mass is 32.1. The quantitative estimate of drug-likeness (QED) is 0.868. The molecule has 0 radical (unpaired) electrons. The largest absolute Gasteiger partial charge is 0.487 e. The van der Waals surface area contributed by atoms with E-state index in [1.807, 2.05) is 36.4 Å². The third-order valence-electron chi connectivity index (χ3n) is 5.23. The first kappa shape index (κ1) is 17.4. The molecule has 0 spiro atoms. The van der Waals surface area contributed by atoms with E-state index in [1.165, 1.54) is 37.3 Å². The highest BCUT2D eigenvalue weighted by molar-refractivity contribution is 7.15. The molecule has 2 aromatic rings. The molecule has 3 aliphatic rings. The number of nitrogens with one attached hydrogen (secondary N) is 1. The van der Waals surface area contributed by atoms with Crippen LogP contribution in [0.4, 0.5) is 0 Å². The number of hydrogen-bond acceptors (Lipinski definition) is 5. The van der Waals surface area contributed by atoms with Crippen molar-refractivity contribution in [3.63, 3.8) is 0 Å². The summed E-state index contributed by atoms with van der Waals surface area (Å²) in [5.74, 6) is 1.48. The number of thiophene rings is 1. The van der Waals surface area contributed by atoms with Crippen molar-refractivity contribution in [2.24, 2.45) is 5.92 Å². The maximum atomic E-state index is 12.6. The number of rotatable bonds is 5. The molecule has 5 rings (SSSR count). The first-order valence-electron chi connectivity index (χ1n) is 9.14. The van der Waals surface area contributed by atoms with Crippen LogP contribution in [0.1, 0.15) is 29.6 Å². The van der Waals surface area contributed by atoms with Gasteiger partial charge in [0, 0.05) is 18.2 Å². The van der Waals surface area contributed by atoms with Crippen LogP contribution in [0.5, 0.6) is 15.9 Å². The summed E-state index contributed by atoms with van der Waals surface area (Å²) in [6.07, 6.45) is 3.64. The molecule has 3 saturated heterocycles. The highest BCUT2D eigenvalue weighted by Gasteiger charge is 2.29. The summed E-state index contributed by atoms with van der Waals surface area (Å²) in [6.45, 7) is 3.33. The minimum absolute atomic E-state index is 0.00171. The molecule has 0 aliphatic carbocycles. The van der Waals surface area contributed by atoms with Crippen LogP contribution < -0.4 is 14.8 Å². The molecular formula is C20H24N2O3S. The van der Waals surface area contributed by atoms with E-state index in [1.54, 1.807) is 7.11 Å².